The Kier molecular flexibility index (Phi) is 5.67. The molecule has 0 saturated carbocycles. The molecule has 0 aliphatic carbocycles. The number of nitrogens with two attached hydrogens (primary N) is 1. The molecule has 0 unspecified atom stereocenters. The number of aryl methyl sites for hydroxylation is 1. The average molecular weight is 398 g/mol. The van der Waals surface area contributed by atoms with Crippen LogP contribution in [0.2, 0.25) is 0 Å². The third-order valence-electron chi connectivity index (χ3n) is 4.71. The van der Waals surface area contributed by atoms with Gasteiger partial charge in [-0.05, 0) is 43.2 Å². The number of benzene rings is 2. The molecular formula is C21H23N3O3S. The molecule has 0 saturated heterocycles. The molecule has 7 heteroatoms. The molecule has 0 radical (unpaired) electrons. The third kappa shape index (κ3) is 4.49. The third-order valence-corrected chi connectivity index (χ3v) is 5.64. The highest BCUT2D eigenvalue weighted by Crippen LogP contribution is 2.17. The molecule has 2 aromatic carbocycles. The number of primary sulfonamides is 1. The van der Waals surface area contributed by atoms with Gasteiger partial charge in [0.1, 0.15) is 0 Å². The quantitative estimate of drug-likeness (QED) is 0.670. The Bertz CT molecular complexity index is 1090. The van der Waals surface area contributed by atoms with Gasteiger partial charge in [0.05, 0.1) is 10.5 Å². The van der Waals surface area contributed by atoms with Gasteiger partial charge in [0.2, 0.25) is 10.0 Å². The highest BCUT2D eigenvalue weighted by molar-refractivity contribution is 7.89. The molecule has 1 amide bonds. The summed E-state index contributed by atoms with van der Waals surface area (Å²) >= 11 is 0. The second-order valence-corrected chi connectivity index (χ2v) is 8.29. The highest BCUT2D eigenvalue weighted by atomic mass is 32.2. The summed E-state index contributed by atoms with van der Waals surface area (Å²) in [6.45, 7) is 4.93. The van der Waals surface area contributed by atoms with Crippen molar-refractivity contribution in [1.29, 1.82) is 0 Å². The van der Waals surface area contributed by atoms with E-state index in [0.29, 0.717) is 18.7 Å². The van der Waals surface area contributed by atoms with Crippen LogP contribution >= 0.6 is 0 Å². The van der Waals surface area contributed by atoms with Gasteiger partial charge in [-0.2, -0.15) is 0 Å². The Morgan fingerprint density at radius 2 is 1.64 bits per heavy atom. The molecule has 0 aliphatic heterocycles. The lowest BCUT2D eigenvalue weighted by molar-refractivity contribution is 0.0950. The molecule has 0 spiro atoms. The number of rotatable bonds is 6. The number of aromatic nitrogens is 1. The summed E-state index contributed by atoms with van der Waals surface area (Å²) < 4.78 is 24.7. The first kappa shape index (κ1) is 19.9. The van der Waals surface area contributed by atoms with Crippen molar-refractivity contribution >= 4 is 15.9 Å². The van der Waals surface area contributed by atoms with E-state index in [-0.39, 0.29) is 10.8 Å². The van der Waals surface area contributed by atoms with Crippen LogP contribution in [0.15, 0.2) is 65.6 Å². The Balaban J connectivity index is 1.70. The summed E-state index contributed by atoms with van der Waals surface area (Å²) in [5.41, 5.74) is 4.52. The minimum atomic E-state index is -3.72. The second-order valence-electron chi connectivity index (χ2n) is 6.73. The topological polar surface area (TPSA) is 94.2 Å². The van der Waals surface area contributed by atoms with Gasteiger partial charge in [0.25, 0.3) is 5.91 Å². The van der Waals surface area contributed by atoms with Gasteiger partial charge >= 0.3 is 0 Å². The minimum absolute atomic E-state index is 0.0482. The van der Waals surface area contributed by atoms with Crippen LogP contribution in [0.25, 0.3) is 0 Å². The van der Waals surface area contributed by atoms with Crippen molar-refractivity contribution in [2.75, 3.05) is 0 Å². The number of hydrogen-bond acceptors (Lipinski definition) is 3. The first-order valence-corrected chi connectivity index (χ1v) is 10.4. The van der Waals surface area contributed by atoms with Crippen LogP contribution in [0.1, 0.15) is 32.9 Å². The van der Waals surface area contributed by atoms with E-state index in [1.807, 2.05) is 38.1 Å². The first-order chi connectivity index (χ1) is 13.3. The zero-order chi connectivity index (χ0) is 20.3. The summed E-state index contributed by atoms with van der Waals surface area (Å²) in [5.74, 6) is -0.164. The van der Waals surface area contributed by atoms with Crippen LogP contribution in [0.3, 0.4) is 0 Å². The lowest BCUT2D eigenvalue weighted by Crippen LogP contribution is -2.23. The fraction of sp³-hybridized carbons (Fsp3) is 0.190. The van der Waals surface area contributed by atoms with Gasteiger partial charge in [-0.3, -0.25) is 4.79 Å². The van der Waals surface area contributed by atoms with Gasteiger partial charge < -0.3 is 9.88 Å². The van der Waals surface area contributed by atoms with E-state index in [0.717, 1.165) is 17.0 Å². The number of carbonyl (C=O) groups excluding carboxylic acids is 1. The molecule has 0 aliphatic rings. The molecule has 28 heavy (non-hydrogen) atoms. The summed E-state index contributed by atoms with van der Waals surface area (Å²) in [4.78, 5) is 12.7. The summed E-state index contributed by atoms with van der Waals surface area (Å²) in [6.07, 6.45) is 0. The summed E-state index contributed by atoms with van der Waals surface area (Å²) in [5, 5.41) is 7.98. The van der Waals surface area contributed by atoms with Crippen LogP contribution in [0.4, 0.5) is 0 Å². The molecule has 3 aromatic rings. The van der Waals surface area contributed by atoms with Crippen molar-refractivity contribution in [3.8, 4) is 0 Å². The van der Waals surface area contributed by atoms with Crippen molar-refractivity contribution < 1.29 is 13.2 Å². The molecule has 6 nitrogen and oxygen atoms in total. The highest BCUT2D eigenvalue weighted by Gasteiger charge is 2.16. The predicted octanol–water partition coefficient (Wildman–Crippen LogP) is 2.73. The lowest BCUT2D eigenvalue weighted by Gasteiger charge is -2.10. The summed E-state index contributed by atoms with van der Waals surface area (Å²) in [6, 6.07) is 18.1. The van der Waals surface area contributed by atoms with E-state index in [9.17, 15) is 13.2 Å². The Hall–Kier alpha value is -2.90. The Morgan fingerprint density at radius 1 is 1.00 bits per heavy atom. The number of sulfonamides is 1. The first-order valence-electron chi connectivity index (χ1n) is 8.86. The molecule has 0 bridgehead atoms. The summed E-state index contributed by atoms with van der Waals surface area (Å²) in [7, 11) is -3.72. The van der Waals surface area contributed by atoms with Crippen LogP contribution in [-0.2, 0) is 23.1 Å². The number of nitrogens with one attached hydrogen (secondary N) is 1. The fourth-order valence-electron chi connectivity index (χ4n) is 3.11. The van der Waals surface area contributed by atoms with Crippen LogP contribution in [0, 0.1) is 13.8 Å². The van der Waals surface area contributed by atoms with Gasteiger partial charge in [-0.25, -0.2) is 13.6 Å². The zero-order valence-electron chi connectivity index (χ0n) is 15.8. The standard InChI is InChI=1S/C21H23N3O3S/c1-15-12-20(16(2)24(15)14-18-6-4-3-5-7-18)21(25)23-13-17-8-10-19(11-9-17)28(22,26)27/h3-12H,13-14H2,1-2H3,(H,23,25)(H2,22,26,27). The maximum atomic E-state index is 12.6. The smallest absolute Gasteiger partial charge is 0.253 e. The van der Waals surface area contributed by atoms with Gasteiger partial charge in [0.15, 0.2) is 0 Å². The molecule has 0 atom stereocenters. The fourth-order valence-corrected chi connectivity index (χ4v) is 3.63. The monoisotopic (exact) mass is 397 g/mol. The Morgan fingerprint density at radius 3 is 2.25 bits per heavy atom. The second kappa shape index (κ2) is 8.00. The maximum Gasteiger partial charge on any atom is 0.253 e. The van der Waals surface area contributed by atoms with E-state index in [4.69, 9.17) is 5.14 Å². The van der Waals surface area contributed by atoms with Crippen molar-refractivity contribution in [1.82, 2.24) is 9.88 Å². The number of carbonyl (C=O) groups is 1. The van der Waals surface area contributed by atoms with Gasteiger partial charge in [-0.1, -0.05) is 42.5 Å². The SMILES string of the molecule is Cc1cc(C(=O)NCc2ccc(S(N)(=O)=O)cc2)c(C)n1Cc1ccccc1. The largest absolute Gasteiger partial charge is 0.348 e. The number of amides is 1. The maximum absolute atomic E-state index is 12.6. The molecule has 1 heterocycles. The van der Waals surface area contributed by atoms with Crippen molar-refractivity contribution in [3.63, 3.8) is 0 Å². The van der Waals surface area contributed by atoms with E-state index < -0.39 is 10.0 Å². The van der Waals surface area contributed by atoms with Crippen LogP contribution in [0.5, 0.6) is 0 Å². The van der Waals surface area contributed by atoms with Gasteiger partial charge in [-0.15, -0.1) is 0 Å². The Labute approximate surface area is 165 Å². The average Bonchev–Trinajstić information content (AvgIpc) is 2.95. The molecule has 0 fully saturated rings. The zero-order valence-corrected chi connectivity index (χ0v) is 16.7. The minimum Gasteiger partial charge on any atom is -0.348 e. The van der Waals surface area contributed by atoms with Crippen molar-refractivity contribution in [2.45, 2.75) is 31.8 Å². The molecule has 3 rings (SSSR count). The van der Waals surface area contributed by atoms with E-state index in [1.165, 1.54) is 17.7 Å². The molecule has 3 N–H and O–H groups in total. The van der Waals surface area contributed by atoms with Crippen LogP contribution in [-0.4, -0.2) is 18.9 Å². The van der Waals surface area contributed by atoms with Crippen molar-refractivity contribution in [2.24, 2.45) is 5.14 Å². The lowest BCUT2D eigenvalue weighted by atomic mass is 10.2. The normalized spacial score (nSPS) is 11.4. The number of nitrogens with zero attached hydrogens (tertiary/aromatic N) is 1. The van der Waals surface area contributed by atoms with Gasteiger partial charge in [0, 0.05) is 24.5 Å². The number of hydrogen-bond donors (Lipinski definition) is 2. The molecular weight excluding hydrogens is 374 g/mol. The molecule has 1 aromatic heterocycles. The van der Waals surface area contributed by atoms with Crippen molar-refractivity contribution in [3.05, 3.63) is 88.7 Å². The predicted molar refractivity (Wildman–Crippen MR) is 108 cm³/mol. The van der Waals surface area contributed by atoms with E-state index in [1.54, 1.807) is 12.1 Å². The molecule has 146 valence electrons. The van der Waals surface area contributed by atoms with Crippen LogP contribution < -0.4 is 10.5 Å². The van der Waals surface area contributed by atoms with E-state index in [2.05, 4.69) is 22.0 Å². The van der Waals surface area contributed by atoms with E-state index >= 15 is 0 Å².